The Bertz CT molecular complexity index is 138. The van der Waals surface area contributed by atoms with Crippen molar-refractivity contribution in [1.82, 2.24) is 0 Å². The Kier molecular flexibility index (Phi) is 4.36. The number of carbonyl (C=O) groups excluding carboxylic acids is 1. The minimum Gasteiger partial charge on any atom is -0.465 e. The number of ether oxygens (including phenoxy) is 1. The Morgan fingerprint density at radius 1 is 1.89 bits per heavy atom. The lowest BCUT2D eigenvalue weighted by molar-refractivity contribution is -0.141. The second-order valence-corrected chi connectivity index (χ2v) is 1.23. The normalized spacial score (nSPS) is 7.67. The van der Waals surface area contributed by atoms with Gasteiger partial charge in [0.25, 0.3) is 0 Å². The van der Waals surface area contributed by atoms with E-state index in [1.54, 1.807) is 12.9 Å². The van der Waals surface area contributed by atoms with Crippen molar-refractivity contribution in [3.8, 4) is 0 Å². The first-order chi connectivity index (χ1) is 4.31. The van der Waals surface area contributed by atoms with Crippen LogP contribution in [0.4, 0.5) is 0 Å². The molecule has 0 aliphatic carbocycles. The van der Waals surface area contributed by atoms with Crippen molar-refractivity contribution in [1.29, 1.82) is 5.41 Å². The highest BCUT2D eigenvalue weighted by atomic mass is 16.5. The first-order valence-corrected chi connectivity index (χ1v) is 2.55. The molecule has 0 bridgehead atoms. The third-order valence-corrected chi connectivity index (χ3v) is 0.593. The topological polar surface area (TPSA) is 62.5 Å². The van der Waals surface area contributed by atoms with Crippen LogP contribution in [-0.4, -0.2) is 25.1 Å². The van der Waals surface area contributed by atoms with Gasteiger partial charge in [0.15, 0.2) is 0 Å². The molecule has 0 fully saturated rings. The van der Waals surface area contributed by atoms with Gasteiger partial charge in [-0.05, 0) is 6.92 Å². The third kappa shape index (κ3) is 4.71. The summed E-state index contributed by atoms with van der Waals surface area (Å²) in [5, 5.41) is 6.30. The van der Waals surface area contributed by atoms with Gasteiger partial charge in [-0.2, -0.15) is 0 Å². The fourth-order valence-corrected chi connectivity index (χ4v) is 0.311. The molecule has 0 aliphatic heterocycles. The van der Waals surface area contributed by atoms with E-state index < -0.39 is 5.97 Å². The zero-order valence-electron chi connectivity index (χ0n) is 5.18. The monoisotopic (exact) mass is 128 g/mol. The molecule has 0 rings (SSSR count). The van der Waals surface area contributed by atoms with Crippen LogP contribution < -0.4 is 0 Å². The van der Waals surface area contributed by atoms with Crippen molar-refractivity contribution < 1.29 is 9.53 Å². The van der Waals surface area contributed by atoms with Crippen LogP contribution in [0.5, 0.6) is 0 Å². The van der Waals surface area contributed by atoms with Gasteiger partial charge in [-0.25, -0.2) is 10.4 Å². The van der Waals surface area contributed by atoms with Crippen molar-refractivity contribution in [3.05, 3.63) is 0 Å². The van der Waals surface area contributed by atoms with Gasteiger partial charge in [0.05, 0.1) is 12.6 Å². The molecule has 0 aliphatic rings. The lowest BCUT2D eigenvalue weighted by Gasteiger charge is -1.93. The summed E-state index contributed by atoms with van der Waals surface area (Å²) in [4.78, 5) is 13.6. The van der Waals surface area contributed by atoms with E-state index in [-0.39, 0.29) is 6.54 Å². The van der Waals surface area contributed by atoms with Crippen molar-refractivity contribution in [2.45, 2.75) is 6.92 Å². The maximum absolute atomic E-state index is 10.4. The molecule has 0 radical (unpaired) electrons. The maximum atomic E-state index is 10.4. The van der Waals surface area contributed by atoms with Crippen LogP contribution >= 0.6 is 0 Å². The Balaban J connectivity index is 3.38. The summed E-state index contributed by atoms with van der Waals surface area (Å²) in [5.74, 6) is -0.419. The fraction of sp³-hybridized carbons (Fsp3) is 0.600. The van der Waals surface area contributed by atoms with Crippen molar-refractivity contribution >= 4 is 12.0 Å². The molecule has 0 spiro atoms. The molecule has 0 aromatic heterocycles. The smallest absolute Gasteiger partial charge is 0.328 e. The van der Waals surface area contributed by atoms with Gasteiger partial charge in [0.1, 0.15) is 6.54 Å². The minimum atomic E-state index is -0.419. The summed E-state index contributed by atoms with van der Waals surface area (Å²) in [7, 11) is 0. The summed E-state index contributed by atoms with van der Waals surface area (Å²) in [5.41, 5.74) is 0. The number of carbonyl (C=O) groups is 1. The van der Waals surface area contributed by atoms with Crippen molar-refractivity contribution in [3.63, 3.8) is 0 Å². The van der Waals surface area contributed by atoms with E-state index in [0.29, 0.717) is 6.61 Å². The number of nitrogens with zero attached hydrogens (tertiary/aromatic N) is 1. The highest BCUT2D eigenvalue weighted by molar-refractivity contribution is 5.72. The molecule has 0 saturated heterocycles. The van der Waals surface area contributed by atoms with E-state index in [1.165, 1.54) is 0 Å². The number of aliphatic imine (C=N–C) groups is 1. The molecule has 50 valence electrons. The van der Waals surface area contributed by atoms with Gasteiger partial charge < -0.3 is 4.74 Å². The van der Waals surface area contributed by atoms with Crippen LogP contribution in [0.2, 0.25) is 0 Å². The predicted molar refractivity (Wildman–Crippen MR) is 31.7 cm³/mol. The first-order valence-electron chi connectivity index (χ1n) is 2.55. The van der Waals surface area contributed by atoms with Crippen LogP contribution in [0.1, 0.15) is 6.92 Å². The SMILES string of the molecule is CCOC(=O)CN=C=N. The molecular weight excluding hydrogens is 120 g/mol. The molecule has 4 nitrogen and oxygen atoms in total. The van der Waals surface area contributed by atoms with Gasteiger partial charge >= 0.3 is 5.97 Å². The number of esters is 1. The average Bonchev–Trinajstić information content (AvgIpc) is 1.85. The van der Waals surface area contributed by atoms with E-state index in [9.17, 15) is 4.79 Å². The lowest BCUT2D eigenvalue weighted by atomic mass is 10.7. The van der Waals surface area contributed by atoms with Crippen LogP contribution in [0.3, 0.4) is 0 Å². The highest BCUT2D eigenvalue weighted by Gasteiger charge is 1.95. The third-order valence-electron chi connectivity index (χ3n) is 0.593. The molecule has 0 aromatic carbocycles. The zero-order chi connectivity index (χ0) is 7.11. The predicted octanol–water partition coefficient (Wildman–Crippen LogP) is 0.302. The number of hydrogen-bond acceptors (Lipinski definition) is 4. The first kappa shape index (κ1) is 7.85. The standard InChI is InChI=1S/C5H8N2O2/c1-2-9-5(8)3-7-4-6/h6H,2-3H2,1H3. The Morgan fingerprint density at radius 2 is 2.56 bits per heavy atom. The molecule has 9 heavy (non-hydrogen) atoms. The van der Waals surface area contributed by atoms with Crippen molar-refractivity contribution in [2.75, 3.05) is 13.2 Å². The second-order valence-electron chi connectivity index (χ2n) is 1.23. The van der Waals surface area contributed by atoms with E-state index in [2.05, 4.69) is 9.73 Å². The number of rotatable bonds is 3. The minimum absolute atomic E-state index is 0.0999. The van der Waals surface area contributed by atoms with E-state index >= 15 is 0 Å². The van der Waals surface area contributed by atoms with Crippen LogP contribution in [0.15, 0.2) is 4.99 Å². The summed E-state index contributed by atoms with van der Waals surface area (Å²) < 4.78 is 4.49. The summed E-state index contributed by atoms with van der Waals surface area (Å²) in [6.07, 6.45) is 0. The van der Waals surface area contributed by atoms with E-state index in [4.69, 9.17) is 5.41 Å². The van der Waals surface area contributed by atoms with Crippen LogP contribution in [-0.2, 0) is 9.53 Å². The van der Waals surface area contributed by atoms with E-state index in [0.717, 1.165) is 0 Å². The molecular formula is C5H8N2O2. The molecule has 0 heterocycles. The number of hydrogen-bond donors (Lipinski definition) is 1. The Labute approximate surface area is 53.1 Å². The molecule has 0 atom stereocenters. The highest BCUT2D eigenvalue weighted by Crippen LogP contribution is 1.76. The summed E-state index contributed by atoms with van der Waals surface area (Å²) in [6, 6.07) is 1.73. The van der Waals surface area contributed by atoms with Gasteiger partial charge in [-0.3, -0.25) is 4.79 Å². The average molecular weight is 128 g/mol. The van der Waals surface area contributed by atoms with Crippen molar-refractivity contribution in [2.24, 2.45) is 4.99 Å². The second kappa shape index (κ2) is 5.00. The van der Waals surface area contributed by atoms with Gasteiger partial charge in [-0.15, -0.1) is 0 Å². The quantitative estimate of drug-likeness (QED) is 0.439. The zero-order valence-corrected chi connectivity index (χ0v) is 5.18. The summed E-state index contributed by atoms with van der Waals surface area (Å²) >= 11 is 0. The molecule has 1 N–H and O–H groups in total. The Morgan fingerprint density at radius 3 is 3.00 bits per heavy atom. The maximum Gasteiger partial charge on any atom is 0.328 e. The lowest BCUT2D eigenvalue weighted by Crippen LogP contribution is -2.06. The fourth-order valence-electron chi connectivity index (χ4n) is 0.311. The molecule has 0 saturated carbocycles. The van der Waals surface area contributed by atoms with Gasteiger partial charge in [0.2, 0.25) is 0 Å². The Hall–Kier alpha value is -1.15. The summed E-state index contributed by atoms with van der Waals surface area (Å²) in [6.45, 7) is 1.97. The molecule has 0 aromatic rings. The van der Waals surface area contributed by atoms with Crippen LogP contribution in [0.25, 0.3) is 0 Å². The van der Waals surface area contributed by atoms with Crippen LogP contribution in [0, 0.1) is 5.41 Å². The van der Waals surface area contributed by atoms with Gasteiger partial charge in [-0.1, -0.05) is 0 Å². The largest absolute Gasteiger partial charge is 0.465 e. The molecule has 0 amide bonds. The van der Waals surface area contributed by atoms with Gasteiger partial charge in [0, 0.05) is 0 Å². The molecule has 0 unspecified atom stereocenters. The number of nitrogens with one attached hydrogen (secondary N) is 1. The molecule has 4 heteroatoms. The van der Waals surface area contributed by atoms with E-state index in [1.807, 2.05) is 0 Å².